The van der Waals surface area contributed by atoms with Crippen molar-refractivity contribution in [3.63, 3.8) is 0 Å². The molecule has 1 aromatic heterocycles. The van der Waals surface area contributed by atoms with Crippen LogP contribution >= 0.6 is 0 Å². The van der Waals surface area contributed by atoms with Gasteiger partial charge in [-0.15, -0.1) is 0 Å². The molecule has 0 bridgehead atoms. The van der Waals surface area contributed by atoms with Gasteiger partial charge < -0.3 is 10.5 Å². The molecule has 2 N–H and O–H groups in total. The first-order valence-electron chi connectivity index (χ1n) is 7.01. The molecule has 2 rings (SSSR count). The Labute approximate surface area is 120 Å². The molecule has 1 aromatic carbocycles. The minimum atomic E-state index is -0.171. The summed E-state index contributed by atoms with van der Waals surface area (Å²) in [6.07, 6.45) is 4.26. The molecule has 0 fully saturated rings. The Morgan fingerprint density at radius 2 is 2.00 bits per heavy atom. The zero-order valence-electron chi connectivity index (χ0n) is 12.3. The minimum Gasteiger partial charge on any atom is -0.484 e. The van der Waals surface area contributed by atoms with E-state index in [4.69, 9.17) is 10.5 Å². The summed E-state index contributed by atoms with van der Waals surface area (Å²) in [6, 6.07) is 9.99. The monoisotopic (exact) mass is 270 g/mol. The second kappa shape index (κ2) is 6.53. The molecule has 0 aliphatic heterocycles. The van der Waals surface area contributed by atoms with Gasteiger partial charge in [0.2, 0.25) is 0 Å². The van der Waals surface area contributed by atoms with Crippen LogP contribution in [0, 0.1) is 13.8 Å². The maximum absolute atomic E-state index is 6.21. The lowest BCUT2D eigenvalue weighted by Gasteiger charge is -2.24. The van der Waals surface area contributed by atoms with Crippen LogP contribution in [-0.2, 0) is 0 Å². The molecule has 0 radical (unpaired) electrons. The van der Waals surface area contributed by atoms with E-state index in [2.05, 4.69) is 37.9 Å². The molecule has 3 nitrogen and oxygen atoms in total. The van der Waals surface area contributed by atoms with E-state index in [1.807, 2.05) is 24.4 Å². The van der Waals surface area contributed by atoms with E-state index in [9.17, 15) is 0 Å². The van der Waals surface area contributed by atoms with Crippen molar-refractivity contribution in [3.8, 4) is 5.75 Å². The average Bonchev–Trinajstić information content (AvgIpc) is 2.48. The zero-order chi connectivity index (χ0) is 14.5. The summed E-state index contributed by atoms with van der Waals surface area (Å²) < 4.78 is 6.12. The van der Waals surface area contributed by atoms with Crippen LogP contribution in [0.3, 0.4) is 0 Å². The fraction of sp³-hybridized carbons (Fsp3) is 0.353. The van der Waals surface area contributed by atoms with E-state index in [1.165, 1.54) is 11.1 Å². The fourth-order valence-corrected chi connectivity index (χ4v) is 2.09. The Morgan fingerprint density at radius 1 is 1.20 bits per heavy atom. The van der Waals surface area contributed by atoms with Gasteiger partial charge in [-0.1, -0.05) is 19.1 Å². The lowest BCUT2D eigenvalue weighted by molar-refractivity contribution is 0.170. The van der Waals surface area contributed by atoms with Crippen molar-refractivity contribution in [3.05, 3.63) is 59.4 Å². The lowest BCUT2D eigenvalue weighted by atomic mass is 10.0. The van der Waals surface area contributed by atoms with E-state index in [1.54, 1.807) is 6.20 Å². The summed E-state index contributed by atoms with van der Waals surface area (Å²) >= 11 is 0. The Hall–Kier alpha value is -1.87. The molecular formula is C17H22N2O. The van der Waals surface area contributed by atoms with Crippen LogP contribution in [-0.4, -0.2) is 11.0 Å². The van der Waals surface area contributed by atoms with Gasteiger partial charge in [-0.05, 0) is 49.6 Å². The van der Waals surface area contributed by atoms with Gasteiger partial charge in [0, 0.05) is 24.0 Å². The van der Waals surface area contributed by atoms with Gasteiger partial charge in [0.1, 0.15) is 11.9 Å². The van der Waals surface area contributed by atoms with Crippen molar-refractivity contribution in [2.24, 2.45) is 5.73 Å². The van der Waals surface area contributed by atoms with E-state index in [-0.39, 0.29) is 12.1 Å². The summed E-state index contributed by atoms with van der Waals surface area (Å²) in [5, 5.41) is 0. The number of nitrogens with zero attached hydrogens (tertiary/aromatic N) is 1. The third-order valence-electron chi connectivity index (χ3n) is 3.61. The number of hydrogen-bond donors (Lipinski definition) is 1. The predicted octanol–water partition coefficient (Wildman–Crippen LogP) is 3.56. The van der Waals surface area contributed by atoms with Crippen LogP contribution in [0.1, 0.15) is 36.1 Å². The van der Waals surface area contributed by atoms with E-state index >= 15 is 0 Å². The van der Waals surface area contributed by atoms with Crippen LogP contribution < -0.4 is 10.5 Å². The summed E-state index contributed by atoms with van der Waals surface area (Å²) in [5.74, 6) is 0.853. The molecule has 20 heavy (non-hydrogen) atoms. The normalized spacial score (nSPS) is 13.8. The van der Waals surface area contributed by atoms with E-state index in [0.717, 1.165) is 17.7 Å². The van der Waals surface area contributed by atoms with Crippen LogP contribution in [0.2, 0.25) is 0 Å². The zero-order valence-corrected chi connectivity index (χ0v) is 12.3. The molecular weight excluding hydrogens is 248 g/mol. The molecule has 1 heterocycles. The maximum Gasteiger partial charge on any atom is 0.140 e. The summed E-state index contributed by atoms with van der Waals surface area (Å²) in [7, 11) is 0. The van der Waals surface area contributed by atoms with Crippen molar-refractivity contribution in [2.75, 3.05) is 0 Å². The molecule has 2 unspecified atom stereocenters. The highest BCUT2D eigenvalue weighted by Crippen LogP contribution is 2.26. The largest absolute Gasteiger partial charge is 0.484 e. The standard InChI is InChI=1S/C17H22N2O/c1-4-16(18)17(14-6-5-9-19-11-14)20-15-8-7-12(2)13(3)10-15/h5-11,16-17H,4,18H2,1-3H3. The smallest absolute Gasteiger partial charge is 0.140 e. The first-order valence-corrected chi connectivity index (χ1v) is 7.01. The molecule has 2 atom stereocenters. The number of aromatic nitrogens is 1. The Morgan fingerprint density at radius 3 is 2.60 bits per heavy atom. The number of rotatable bonds is 5. The number of hydrogen-bond acceptors (Lipinski definition) is 3. The van der Waals surface area contributed by atoms with Gasteiger partial charge in [0.05, 0.1) is 0 Å². The van der Waals surface area contributed by atoms with Crippen LogP contribution in [0.4, 0.5) is 0 Å². The number of benzene rings is 1. The highest BCUT2D eigenvalue weighted by Gasteiger charge is 2.20. The Bertz CT molecular complexity index is 554. The van der Waals surface area contributed by atoms with E-state index < -0.39 is 0 Å². The fourth-order valence-electron chi connectivity index (χ4n) is 2.09. The maximum atomic E-state index is 6.21. The van der Waals surface area contributed by atoms with Crippen LogP contribution in [0.5, 0.6) is 5.75 Å². The number of nitrogens with two attached hydrogens (primary N) is 1. The third kappa shape index (κ3) is 3.36. The van der Waals surface area contributed by atoms with Gasteiger partial charge >= 0.3 is 0 Å². The highest BCUT2D eigenvalue weighted by atomic mass is 16.5. The molecule has 0 aliphatic rings. The van der Waals surface area contributed by atoms with Crippen molar-refractivity contribution < 1.29 is 4.74 Å². The van der Waals surface area contributed by atoms with Gasteiger partial charge in [-0.2, -0.15) is 0 Å². The molecule has 3 heteroatoms. The van der Waals surface area contributed by atoms with Gasteiger partial charge in [0.15, 0.2) is 0 Å². The van der Waals surface area contributed by atoms with Crippen molar-refractivity contribution in [2.45, 2.75) is 39.3 Å². The molecule has 0 spiro atoms. The Balaban J connectivity index is 2.26. The third-order valence-corrected chi connectivity index (χ3v) is 3.61. The average molecular weight is 270 g/mol. The first-order chi connectivity index (χ1) is 9.61. The van der Waals surface area contributed by atoms with Crippen molar-refractivity contribution in [1.82, 2.24) is 4.98 Å². The molecule has 0 aliphatic carbocycles. The molecule has 0 amide bonds. The molecule has 0 saturated heterocycles. The van der Waals surface area contributed by atoms with Gasteiger partial charge in [-0.3, -0.25) is 4.98 Å². The number of aryl methyl sites for hydroxylation is 2. The minimum absolute atomic E-state index is 0.0548. The lowest BCUT2D eigenvalue weighted by Crippen LogP contribution is -2.31. The summed E-state index contributed by atoms with van der Waals surface area (Å²) in [4.78, 5) is 4.16. The predicted molar refractivity (Wildman–Crippen MR) is 81.8 cm³/mol. The van der Waals surface area contributed by atoms with Gasteiger partial charge in [0.25, 0.3) is 0 Å². The summed E-state index contributed by atoms with van der Waals surface area (Å²) in [5.41, 5.74) is 9.71. The van der Waals surface area contributed by atoms with Crippen LogP contribution in [0.15, 0.2) is 42.7 Å². The van der Waals surface area contributed by atoms with Crippen molar-refractivity contribution in [1.29, 1.82) is 0 Å². The van der Waals surface area contributed by atoms with E-state index in [0.29, 0.717) is 0 Å². The SMILES string of the molecule is CCC(N)C(Oc1ccc(C)c(C)c1)c1cccnc1. The topological polar surface area (TPSA) is 48.1 Å². The van der Waals surface area contributed by atoms with Crippen molar-refractivity contribution >= 4 is 0 Å². The number of ether oxygens (including phenoxy) is 1. The Kier molecular flexibility index (Phi) is 4.74. The second-order valence-corrected chi connectivity index (χ2v) is 5.14. The van der Waals surface area contributed by atoms with Crippen LogP contribution in [0.25, 0.3) is 0 Å². The first kappa shape index (κ1) is 14.5. The highest BCUT2D eigenvalue weighted by molar-refractivity contribution is 5.34. The molecule has 0 saturated carbocycles. The quantitative estimate of drug-likeness (QED) is 0.903. The number of pyridine rings is 1. The second-order valence-electron chi connectivity index (χ2n) is 5.14. The molecule has 2 aromatic rings. The molecule has 106 valence electrons. The van der Waals surface area contributed by atoms with Gasteiger partial charge in [-0.25, -0.2) is 0 Å². The summed E-state index contributed by atoms with van der Waals surface area (Å²) in [6.45, 7) is 6.24.